The molecule has 3 aliphatic rings. The van der Waals surface area contributed by atoms with Crippen molar-refractivity contribution in [2.45, 2.75) is 70.3 Å². The number of amides is 3. The van der Waals surface area contributed by atoms with Crippen LogP contribution >= 0.6 is 0 Å². The van der Waals surface area contributed by atoms with Crippen molar-refractivity contribution in [2.24, 2.45) is 5.92 Å². The van der Waals surface area contributed by atoms with E-state index in [0.29, 0.717) is 25.0 Å². The lowest BCUT2D eigenvalue weighted by atomic mass is 9.88. The van der Waals surface area contributed by atoms with E-state index >= 15 is 0 Å². The normalized spacial score (nSPS) is 24.5. The van der Waals surface area contributed by atoms with Gasteiger partial charge in [-0.25, -0.2) is 4.79 Å². The number of rotatable bonds is 2. The lowest BCUT2D eigenvalue weighted by Gasteiger charge is -2.28. The van der Waals surface area contributed by atoms with Crippen LogP contribution in [0, 0.1) is 5.92 Å². The fourth-order valence-corrected chi connectivity index (χ4v) is 4.28. The van der Waals surface area contributed by atoms with Crippen molar-refractivity contribution in [3.8, 4) is 0 Å². The van der Waals surface area contributed by atoms with Gasteiger partial charge < -0.3 is 15.1 Å². The number of nitrogens with one attached hydrogen (secondary N) is 1. The van der Waals surface area contributed by atoms with Gasteiger partial charge in [0.25, 0.3) is 0 Å². The van der Waals surface area contributed by atoms with Gasteiger partial charge in [0.2, 0.25) is 5.91 Å². The summed E-state index contributed by atoms with van der Waals surface area (Å²) in [6, 6.07) is 0.439. The quantitative estimate of drug-likeness (QED) is 0.850. The van der Waals surface area contributed by atoms with Gasteiger partial charge in [-0.3, -0.25) is 4.79 Å². The molecule has 0 unspecified atom stereocenters. The highest BCUT2D eigenvalue weighted by Crippen LogP contribution is 2.26. The standard InChI is InChI=1S/C18H31N3O2/c22-17(15-7-2-1-3-8-15)20-11-6-12-21(14-13-20)18(23)19-16-9-4-5-10-16/h15-16H,1-14H2,(H,19,23). The molecule has 0 aromatic heterocycles. The Balaban J connectivity index is 1.48. The Hall–Kier alpha value is -1.26. The number of hydrogen-bond donors (Lipinski definition) is 1. The van der Waals surface area contributed by atoms with Gasteiger partial charge in [0.1, 0.15) is 0 Å². The van der Waals surface area contributed by atoms with E-state index in [1.807, 2.05) is 9.80 Å². The average Bonchev–Trinajstić information content (AvgIpc) is 2.96. The molecular weight excluding hydrogens is 290 g/mol. The van der Waals surface area contributed by atoms with Gasteiger partial charge in [-0.1, -0.05) is 32.1 Å². The van der Waals surface area contributed by atoms with Gasteiger partial charge in [0.15, 0.2) is 0 Å². The molecule has 0 aromatic carbocycles. The average molecular weight is 321 g/mol. The zero-order chi connectivity index (χ0) is 16.1. The SMILES string of the molecule is O=C(NC1CCCC1)N1CCCN(C(=O)C2CCCCC2)CC1. The fraction of sp³-hybridized carbons (Fsp3) is 0.889. The van der Waals surface area contributed by atoms with Crippen LogP contribution < -0.4 is 5.32 Å². The summed E-state index contributed by atoms with van der Waals surface area (Å²) in [5.41, 5.74) is 0. The van der Waals surface area contributed by atoms with Crippen LogP contribution in [0.5, 0.6) is 0 Å². The molecule has 1 N–H and O–H groups in total. The number of hydrogen-bond acceptors (Lipinski definition) is 2. The Morgan fingerprint density at radius 3 is 2.04 bits per heavy atom. The molecule has 1 saturated heterocycles. The van der Waals surface area contributed by atoms with E-state index < -0.39 is 0 Å². The molecule has 2 aliphatic carbocycles. The van der Waals surface area contributed by atoms with Crippen molar-refractivity contribution in [3.05, 3.63) is 0 Å². The van der Waals surface area contributed by atoms with Gasteiger partial charge in [-0.05, 0) is 32.1 Å². The second-order valence-electron chi connectivity index (χ2n) is 7.43. The van der Waals surface area contributed by atoms with Crippen molar-refractivity contribution < 1.29 is 9.59 Å². The minimum absolute atomic E-state index is 0.0730. The Morgan fingerprint density at radius 1 is 0.696 bits per heavy atom. The van der Waals surface area contributed by atoms with Crippen LogP contribution in [0.4, 0.5) is 4.79 Å². The topological polar surface area (TPSA) is 52.7 Å². The highest BCUT2D eigenvalue weighted by Gasteiger charge is 2.29. The maximum absolute atomic E-state index is 12.7. The molecule has 0 atom stereocenters. The van der Waals surface area contributed by atoms with Crippen LogP contribution in [0.25, 0.3) is 0 Å². The van der Waals surface area contributed by atoms with Crippen LogP contribution in [0.15, 0.2) is 0 Å². The largest absolute Gasteiger partial charge is 0.341 e. The summed E-state index contributed by atoms with van der Waals surface area (Å²) in [7, 11) is 0. The third-order valence-electron chi connectivity index (χ3n) is 5.73. The molecule has 0 aromatic rings. The van der Waals surface area contributed by atoms with Crippen molar-refractivity contribution in [1.82, 2.24) is 15.1 Å². The summed E-state index contributed by atoms with van der Waals surface area (Å²) in [4.78, 5) is 29.0. The fourth-order valence-electron chi connectivity index (χ4n) is 4.28. The first kappa shape index (κ1) is 16.6. The maximum atomic E-state index is 12.7. The molecule has 1 aliphatic heterocycles. The molecule has 0 radical (unpaired) electrons. The summed E-state index contributed by atoms with van der Waals surface area (Å²) in [5, 5.41) is 3.17. The van der Waals surface area contributed by atoms with Gasteiger partial charge in [-0.15, -0.1) is 0 Å². The second-order valence-corrected chi connectivity index (χ2v) is 7.43. The molecule has 3 rings (SSSR count). The Morgan fingerprint density at radius 2 is 1.30 bits per heavy atom. The minimum atomic E-state index is 0.0730. The molecule has 5 nitrogen and oxygen atoms in total. The summed E-state index contributed by atoms with van der Waals surface area (Å²) in [5.74, 6) is 0.574. The van der Waals surface area contributed by atoms with E-state index in [4.69, 9.17) is 0 Å². The van der Waals surface area contributed by atoms with Crippen LogP contribution in [0.1, 0.15) is 64.2 Å². The molecule has 5 heteroatoms. The van der Waals surface area contributed by atoms with Crippen molar-refractivity contribution in [3.63, 3.8) is 0 Å². The van der Waals surface area contributed by atoms with E-state index in [1.165, 1.54) is 32.1 Å². The molecule has 3 fully saturated rings. The third-order valence-corrected chi connectivity index (χ3v) is 5.73. The van der Waals surface area contributed by atoms with E-state index in [0.717, 1.165) is 45.2 Å². The van der Waals surface area contributed by atoms with Crippen molar-refractivity contribution in [1.29, 1.82) is 0 Å². The molecule has 2 saturated carbocycles. The number of nitrogens with zero attached hydrogens (tertiary/aromatic N) is 2. The van der Waals surface area contributed by atoms with E-state index in [-0.39, 0.29) is 11.9 Å². The second kappa shape index (κ2) is 8.02. The molecule has 23 heavy (non-hydrogen) atoms. The molecule has 0 bridgehead atoms. The zero-order valence-electron chi connectivity index (χ0n) is 14.3. The number of urea groups is 1. The molecule has 3 amide bonds. The van der Waals surface area contributed by atoms with Gasteiger partial charge in [0, 0.05) is 38.1 Å². The predicted molar refractivity (Wildman–Crippen MR) is 90.1 cm³/mol. The third kappa shape index (κ3) is 4.39. The zero-order valence-corrected chi connectivity index (χ0v) is 14.3. The first-order valence-corrected chi connectivity index (χ1v) is 9.58. The van der Waals surface area contributed by atoms with Crippen LogP contribution in [-0.4, -0.2) is 54.0 Å². The van der Waals surface area contributed by atoms with Crippen LogP contribution in [0.2, 0.25) is 0 Å². The summed E-state index contributed by atoms with van der Waals surface area (Å²) in [6.07, 6.45) is 11.4. The van der Waals surface area contributed by atoms with Crippen LogP contribution in [-0.2, 0) is 4.79 Å². The highest BCUT2D eigenvalue weighted by molar-refractivity contribution is 5.79. The predicted octanol–water partition coefficient (Wildman–Crippen LogP) is 2.75. The first-order chi connectivity index (χ1) is 11.2. The van der Waals surface area contributed by atoms with E-state index in [2.05, 4.69) is 5.32 Å². The van der Waals surface area contributed by atoms with Crippen LogP contribution in [0.3, 0.4) is 0 Å². The van der Waals surface area contributed by atoms with E-state index in [1.54, 1.807) is 0 Å². The van der Waals surface area contributed by atoms with Gasteiger partial charge >= 0.3 is 6.03 Å². The van der Waals surface area contributed by atoms with E-state index in [9.17, 15) is 9.59 Å². The van der Waals surface area contributed by atoms with Gasteiger partial charge in [-0.2, -0.15) is 0 Å². The maximum Gasteiger partial charge on any atom is 0.317 e. The summed E-state index contributed by atoms with van der Waals surface area (Å²) in [6.45, 7) is 2.96. The Kier molecular flexibility index (Phi) is 5.79. The Bertz CT molecular complexity index is 414. The number of carbonyl (C=O) groups excluding carboxylic acids is 2. The number of carbonyl (C=O) groups is 2. The molecule has 1 heterocycles. The Labute approximate surface area is 139 Å². The highest BCUT2D eigenvalue weighted by atomic mass is 16.2. The summed E-state index contributed by atoms with van der Waals surface area (Å²) < 4.78 is 0. The smallest absolute Gasteiger partial charge is 0.317 e. The first-order valence-electron chi connectivity index (χ1n) is 9.58. The lowest BCUT2D eigenvalue weighted by Crippen LogP contribution is -2.46. The molecular formula is C18H31N3O2. The molecule has 0 spiro atoms. The van der Waals surface area contributed by atoms with Crippen molar-refractivity contribution in [2.75, 3.05) is 26.2 Å². The minimum Gasteiger partial charge on any atom is -0.341 e. The monoisotopic (exact) mass is 321 g/mol. The van der Waals surface area contributed by atoms with Crippen molar-refractivity contribution >= 4 is 11.9 Å². The summed E-state index contributed by atoms with van der Waals surface area (Å²) >= 11 is 0. The van der Waals surface area contributed by atoms with Gasteiger partial charge in [0.05, 0.1) is 0 Å². The lowest BCUT2D eigenvalue weighted by molar-refractivity contribution is -0.136. The molecule has 130 valence electrons.